The number of guanidine groups is 1. The van der Waals surface area contributed by atoms with Gasteiger partial charge in [0.1, 0.15) is 0 Å². The van der Waals surface area contributed by atoms with Crippen LogP contribution in [0, 0.1) is 5.82 Å². The zero-order valence-electron chi connectivity index (χ0n) is 17.2. The second kappa shape index (κ2) is 10.6. The van der Waals surface area contributed by atoms with Crippen LogP contribution in [0.3, 0.4) is 0 Å². The van der Waals surface area contributed by atoms with E-state index in [-0.39, 0.29) is 11.9 Å². The van der Waals surface area contributed by atoms with Gasteiger partial charge in [-0.05, 0) is 45.0 Å². The van der Waals surface area contributed by atoms with Crippen molar-refractivity contribution < 1.29 is 4.39 Å². The Hall–Kier alpha value is -1.93. The molecule has 2 saturated heterocycles. The van der Waals surface area contributed by atoms with Crippen LogP contribution in [0.1, 0.15) is 19.3 Å². The SMILES string of the molecule is CN=C(NCCCCN1CCN(C)CC1)NC1CCN(c2ncccc2F)C1. The maximum absolute atomic E-state index is 13.9. The van der Waals surface area contributed by atoms with Crippen LogP contribution < -0.4 is 15.5 Å². The Bertz CT molecular complexity index is 631. The van der Waals surface area contributed by atoms with Crippen molar-refractivity contribution in [3.63, 3.8) is 0 Å². The van der Waals surface area contributed by atoms with Gasteiger partial charge in [-0.1, -0.05) is 0 Å². The summed E-state index contributed by atoms with van der Waals surface area (Å²) in [5.74, 6) is 1.01. The summed E-state index contributed by atoms with van der Waals surface area (Å²) in [6.07, 6.45) is 4.91. The third kappa shape index (κ3) is 6.04. The number of aliphatic imine (C=N–C) groups is 1. The lowest BCUT2D eigenvalue weighted by atomic mass is 10.2. The van der Waals surface area contributed by atoms with Gasteiger partial charge in [-0.3, -0.25) is 4.99 Å². The fourth-order valence-corrected chi connectivity index (χ4v) is 3.81. The Morgan fingerprint density at radius 3 is 2.82 bits per heavy atom. The van der Waals surface area contributed by atoms with E-state index >= 15 is 0 Å². The highest BCUT2D eigenvalue weighted by atomic mass is 19.1. The molecule has 156 valence electrons. The summed E-state index contributed by atoms with van der Waals surface area (Å²) in [5.41, 5.74) is 0. The number of halogens is 1. The highest BCUT2D eigenvalue weighted by molar-refractivity contribution is 5.80. The van der Waals surface area contributed by atoms with Crippen molar-refractivity contribution in [2.75, 3.05) is 71.4 Å². The minimum absolute atomic E-state index is 0.248. The minimum Gasteiger partial charge on any atom is -0.356 e. The third-order valence-electron chi connectivity index (χ3n) is 5.58. The highest BCUT2D eigenvalue weighted by Crippen LogP contribution is 2.20. The molecule has 1 aromatic rings. The fraction of sp³-hybridized carbons (Fsp3) is 0.700. The van der Waals surface area contributed by atoms with Crippen molar-refractivity contribution in [1.82, 2.24) is 25.4 Å². The van der Waals surface area contributed by atoms with Crippen molar-refractivity contribution in [1.29, 1.82) is 0 Å². The quantitative estimate of drug-likeness (QED) is 0.411. The monoisotopic (exact) mass is 391 g/mol. The van der Waals surface area contributed by atoms with Crippen LogP contribution >= 0.6 is 0 Å². The van der Waals surface area contributed by atoms with E-state index < -0.39 is 0 Å². The van der Waals surface area contributed by atoms with E-state index in [2.05, 4.69) is 37.5 Å². The lowest BCUT2D eigenvalue weighted by Crippen LogP contribution is -2.45. The van der Waals surface area contributed by atoms with E-state index in [4.69, 9.17) is 0 Å². The molecule has 0 aliphatic carbocycles. The smallest absolute Gasteiger partial charge is 0.191 e. The standard InChI is InChI=1S/C20H34FN7/c1-22-20(24-8-3-4-10-27-14-12-26(2)13-15-27)25-17-7-11-28(16-17)19-18(21)6-5-9-23-19/h5-6,9,17H,3-4,7-8,10-16H2,1-2H3,(H2,22,24,25). The first kappa shape index (κ1) is 20.8. The molecule has 0 amide bonds. The molecule has 7 nitrogen and oxygen atoms in total. The van der Waals surface area contributed by atoms with Crippen LogP contribution in [0.5, 0.6) is 0 Å². The predicted molar refractivity (Wildman–Crippen MR) is 112 cm³/mol. The van der Waals surface area contributed by atoms with Crippen LogP contribution in [0.25, 0.3) is 0 Å². The van der Waals surface area contributed by atoms with Gasteiger partial charge in [0, 0.05) is 65.1 Å². The fourth-order valence-electron chi connectivity index (χ4n) is 3.81. The van der Waals surface area contributed by atoms with Crippen molar-refractivity contribution in [2.45, 2.75) is 25.3 Å². The number of anilines is 1. The molecular weight excluding hydrogens is 357 g/mol. The molecular formula is C20H34FN7. The molecule has 2 aliphatic heterocycles. The molecule has 0 spiro atoms. The van der Waals surface area contributed by atoms with Crippen LogP contribution in [0.2, 0.25) is 0 Å². The summed E-state index contributed by atoms with van der Waals surface area (Å²) < 4.78 is 13.9. The van der Waals surface area contributed by atoms with Crippen LogP contribution in [-0.4, -0.2) is 93.2 Å². The van der Waals surface area contributed by atoms with Gasteiger partial charge >= 0.3 is 0 Å². The summed E-state index contributed by atoms with van der Waals surface area (Å²) in [7, 11) is 3.99. The van der Waals surface area contributed by atoms with Gasteiger partial charge in [0.25, 0.3) is 0 Å². The van der Waals surface area contributed by atoms with E-state index in [9.17, 15) is 4.39 Å². The van der Waals surface area contributed by atoms with Crippen molar-refractivity contribution >= 4 is 11.8 Å². The molecule has 2 aliphatic rings. The molecule has 0 bridgehead atoms. The van der Waals surface area contributed by atoms with Gasteiger partial charge in [-0.15, -0.1) is 0 Å². The lowest BCUT2D eigenvalue weighted by molar-refractivity contribution is 0.152. The van der Waals surface area contributed by atoms with Gasteiger partial charge in [0.2, 0.25) is 0 Å². The third-order valence-corrected chi connectivity index (χ3v) is 5.58. The summed E-state index contributed by atoms with van der Waals surface area (Å²) >= 11 is 0. The number of aromatic nitrogens is 1. The molecule has 3 heterocycles. The molecule has 28 heavy (non-hydrogen) atoms. The minimum atomic E-state index is -0.258. The number of nitrogens with one attached hydrogen (secondary N) is 2. The number of piperazine rings is 1. The van der Waals surface area contributed by atoms with E-state index in [1.54, 1.807) is 19.3 Å². The van der Waals surface area contributed by atoms with Gasteiger partial charge < -0.3 is 25.3 Å². The second-order valence-electron chi connectivity index (χ2n) is 7.74. The summed E-state index contributed by atoms with van der Waals surface area (Å²) in [4.78, 5) is 15.4. The molecule has 2 fully saturated rings. The maximum Gasteiger partial charge on any atom is 0.191 e. The Morgan fingerprint density at radius 2 is 2.07 bits per heavy atom. The second-order valence-corrected chi connectivity index (χ2v) is 7.74. The Kier molecular flexibility index (Phi) is 7.85. The topological polar surface area (TPSA) is 59.0 Å². The Balaban J connectivity index is 1.32. The first-order chi connectivity index (χ1) is 13.7. The Labute approximate surface area is 168 Å². The lowest BCUT2D eigenvalue weighted by Gasteiger charge is -2.32. The molecule has 2 N–H and O–H groups in total. The van der Waals surface area contributed by atoms with Crippen LogP contribution in [0.4, 0.5) is 10.2 Å². The molecule has 0 saturated carbocycles. The average molecular weight is 392 g/mol. The van der Waals surface area contributed by atoms with Gasteiger partial charge in [0.15, 0.2) is 17.6 Å². The van der Waals surface area contributed by atoms with Gasteiger partial charge in [-0.2, -0.15) is 0 Å². The largest absolute Gasteiger partial charge is 0.356 e. The first-order valence-electron chi connectivity index (χ1n) is 10.4. The first-order valence-corrected chi connectivity index (χ1v) is 10.4. The Morgan fingerprint density at radius 1 is 1.25 bits per heavy atom. The number of hydrogen-bond acceptors (Lipinski definition) is 5. The molecule has 1 atom stereocenters. The molecule has 1 aromatic heterocycles. The number of hydrogen-bond donors (Lipinski definition) is 2. The average Bonchev–Trinajstić information content (AvgIpc) is 3.17. The maximum atomic E-state index is 13.9. The molecule has 0 aromatic carbocycles. The summed E-state index contributed by atoms with van der Waals surface area (Å²) in [6.45, 7) is 8.34. The number of nitrogens with zero attached hydrogens (tertiary/aromatic N) is 5. The highest BCUT2D eigenvalue weighted by Gasteiger charge is 2.25. The number of rotatable bonds is 7. The predicted octanol–water partition coefficient (Wildman–Crippen LogP) is 0.992. The normalized spacial score (nSPS) is 21.9. The van der Waals surface area contributed by atoms with Crippen LogP contribution in [0.15, 0.2) is 23.3 Å². The summed E-state index contributed by atoms with van der Waals surface area (Å²) in [6, 6.07) is 3.34. The molecule has 3 rings (SSSR count). The molecule has 8 heteroatoms. The van der Waals surface area contributed by atoms with Crippen molar-refractivity contribution in [3.8, 4) is 0 Å². The van der Waals surface area contributed by atoms with Crippen molar-refractivity contribution in [2.24, 2.45) is 4.99 Å². The van der Waals surface area contributed by atoms with E-state index in [0.29, 0.717) is 5.82 Å². The molecule has 0 radical (unpaired) electrons. The summed E-state index contributed by atoms with van der Waals surface area (Å²) in [5, 5.41) is 6.87. The number of likely N-dealkylation sites (N-methyl/N-ethyl adjacent to an activating group) is 1. The number of pyridine rings is 1. The zero-order valence-corrected chi connectivity index (χ0v) is 17.2. The van der Waals surface area contributed by atoms with E-state index in [1.807, 2.05) is 4.90 Å². The number of unbranched alkanes of at least 4 members (excludes halogenated alkanes) is 1. The van der Waals surface area contributed by atoms with E-state index in [0.717, 1.165) is 38.4 Å². The van der Waals surface area contributed by atoms with Crippen LogP contribution in [-0.2, 0) is 0 Å². The van der Waals surface area contributed by atoms with Gasteiger partial charge in [0.05, 0.1) is 0 Å². The van der Waals surface area contributed by atoms with E-state index in [1.165, 1.54) is 45.2 Å². The zero-order chi connectivity index (χ0) is 19.8. The molecule has 1 unspecified atom stereocenters. The van der Waals surface area contributed by atoms with Crippen molar-refractivity contribution in [3.05, 3.63) is 24.1 Å². The van der Waals surface area contributed by atoms with Gasteiger partial charge in [-0.25, -0.2) is 9.37 Å².